The first-order valence-electron chi connectivity index (χ1n) is 5.48. The molecule has 0 aliphatic rings. The lowest BCUT2D eigenvalue weighted by atomic mass is 10.3. The second-order valence-corrected chi connectivity index (χ2v) is 4.38. The Balaban J connectivity index is 1.77. The molecule has 1 aromatic heterocycles. The summed E-state index contributed by atoms with van der Waals surface area (Å²) >= 11 is 11.7. The molecule has 0 fully saturated rings. The van der Waals surface area contributed by atoms with Crippen LogP contribution in [0.2, 0.25) is 10.0 Å². The number of rotatable bonds is 5. The third kappa shape index (κ3) is 3.79. The van der Waals surface area contributed by atoms with Gasteiger partial charge in [-0.1, -0.05) is 29.3 Å². The SMILES string of the molecule is Clc1ccc(OCCNc2ccccn2)cc1Cl. The fourth-order valence-electron chi connectivity index (χ4n) is 1.38. The average molecular weight is 283 g/mol. The van der Waals surface area contributed by atoms with Crippen molar-refractivity contribution in [2.45, 2.75) is 0 Å². The smallest absolute Gasteiger partial charge is 0.125 e. The van der Waals surface area contributed by atoms with Crippen molar-refractivity contribution >= 4 is 29.0 Å². The Morgan fingerprint density at radius 1 is 1.11 bits per heavy atom. The molecular weight excluding hydrogens is 271 g/mol. The van der Waals surface area contributed by atoms with Gasteiger partial charge in [-0.2, -0.15) is 0 Å². The van der Waals surface area contributed by atoms with Crippen LogP contribution < -0.4 is 10.1 Å². The van der Waals surface area contributed by atoms with E-state index in [4.69, 9.17) is 27.9 Å². The fraction of sp³-hybridized carbons (Fsp3) is 0.154. The van der Waals surface area contributed by atoms with E-state index in [2.05, 4.69) is 10.3 Å². The molecule has 0 bridgehead atoms. The number of halogens is 2. The molecule has 0 spiro atoms. The number of aromatic nitrogens is 1. The minimum Gasteiger partial charge on any atom is -0.492 e. The lowest BCUT2D eigenvalue weighted by Crippen LogP contribution is -2.12. The largest absolute Gasteiger partial charge is 0.492 e. The number of hydrogen-bond donors (Lipinski definition) is 1. The van der Waals surface area contributed by atoms with Gasteiger partial charge in [0.05, 0.1) is 16.6 Å². The molecule has 0 unspecified atom stereocenters. The van der Waals surface area contributed by atoms with Crippen LogP contribution in [-0.4, -0.2) is 18.1 Å². The Bertz CT molecular complexity index is 506. The lowest BCUT2D eigenvalue weighted by molar-refractivity contribution is 0.333. The molecule has 0 amide bonds. The summed E-state index contributed by atoms with van der Waals surface area (Å²) in [4.78, 5) is 4.14. The van der Waals surface area contributed by atoms with Gasteiger partial charge in [-0.15, -0.1) is 0 Å². The maximum atomic E-state index is 5.88. The van der Waals surface area contributed by atoms with Gasteiger partial charge in [0.2, 0.25) is 0 Å². The molecular formula is C13H12Cl2N2O. The minimum absolute atomic E-state index is 0.492. The summed E-state index contributed by atoms with van der Waals surface area (Å²) in [6.45, 7) is 1.19. The van der Waals surface area contributed by atoms with Gasteiger partial charge in [0, 0.05) is 12.3 Å². The van der Waals surface area contributed by atoms with Crippen molar-refractivity contribution in [3.63, 3.8) is 0 Å². The second kappa shape index (κ2) is 6.47. The third-order valence-corrected chi connectivity index (χ3v) is 2.97. The molecule has 0 atom stereocenters. The van der Waals surface area contributed by atoms with Crippen molar-refractivity contribution in [2.75, 3.05) is 18.5 Å². The molecule has 0 aliphatic carbocycles. The zero-order valence-electron chi connectivity index (χ0n) is 9.57. The Morgan fingerprint density at radius 3 is 2.72 bits per heavy atom. The molecule has 1 aromatic carbocycles. The van der Waals surface area contributed by atoms with Crippen molar-refractivity contribution < 1.29 is 4.74 Å². The van der Waals surface area contributed by atoms with E-state index in [9.17, 15) is 0 Å². The predicted molar refractivity (Wildman–Crippen MR) is 74.7 cm³/mol. The van der Waals surface area contributed by atoms with E-state index in [1.165, 1.54) is 0 Å². The first kappa shape index (κ1) is 13.0. The second-order valence-electron chi connectivity index (χ2n) is 3.57. The van der Waals surface area contributed by atoms with Gasteiger partial charge >= 0.3 is 0 Å². The van der Waals surface area contributed by atoms with Crippen LogP contribution in [0.15, 0.2) is 42.6 Å². The standard InChI is InChI=1S/C13H12Cl2N2O/c14-11-5-4-10(9-12(11)15)18-8-7-17-13-3-1-2-6-16-13/h1-6,9H,7-8H2,(H,16,17). The van der Waals surface area contributed by atoms with E-state index in [1.807, 2.05) is 18.2 Å². The monoisotopic (exact) mass is 282 g/mol. The van der Waals surface area contributed by atoms with Gasteiger partial charge in [0.1, 0.15) is 18.2 Å². The van der Waals surface area contributed by atoms with E-state index in [0.29, 0.717) is 28.9 Å². The molecule has 0 aliphatic heterocycles. The van der Waals surface area contributed by atoms with Crippen molar-refractivity contribution in [3.8, 4) is 5.75 Å². The number of hydrogen-bond acceptors (Lipinski definition) is 3. The van der Waals surface area contributed by atoms with Crippen LogP contribution in [0, 0.1) is 0 Å². The maximum absolute atomic E-state index is 5.88. The molecule has 94 valence electrons. The summed E-state index contributed by atoms with van der Waals surface area (Å²) in [6, 6.07) is 10.9. The molecule has 1 N–H and O–H groups in total. The quantitative estimate of drug-likeness (QED) is 0.845. The molecule has 0 saturated carbocycles. The first-order chi connectivity index (χ1) is 8.75. The third-order valence-electron chi connectivity index (χ3n) is 2.23. The van der Waals surface area contributed by atoms with Gasteiger partial charge in [-0.05, 0) is 24.3 Å². The topological polar surface area (TPSA) is 34.1 Å². The van der Waals surface area contributed by atoms with Crippen molar-refractivity contribution in [2.24, 2.45) is 0 Å². The highest BCUT2D eigenvalue weighted by Crippen LogP contribution is 2.26. The Hall–Kier alpha value is -1.45. The fourth-order valence-corrected chi connectivity index (χ4v) is 1.67. The zero-order valence-corrected chi connectivity index (χ0v) is 11.1. The maximum Gasteiger partial charge on any atom is 0.125 e. The van der Waals surface area contributed by atoms with Crippen LogP contribution in [-0.2, 0) is 0 Å². The summed E-state index contributed by atoms with van der Waals surface area (Å²) in [5, 5.41) is 4.16. The minimum atomic E-state index is 0.492. The summed E-state index contributed by atoms with van der Waals surface area (Å²) < 4.78 is 5.53. The molecule has 2 rings (SSSR count). The first-order valence-corrected chi connectivity index (χ1v) is 6.24. The van der Waals surface area contributed by atoms with E-state index in [-0.39, 0.29) is 0 Å². The van der Waals surface area contributed by atoms with Crippen molar-refractivity contribution in [3.05, 3.63) is 52.6 Å². The summed E-state index contributed by atoms with van der Waals surface area (Å²) in [7, 11) is 0. The number of benzene rings is 1. The normalized spacial score (nSPS) is 10.1. The molecule has 0 radical (unpaired) electrons. The van der Waals surface area contributed by atoms with Gasteiger partial charge in [0.25, 0.3) is 0 Å². The Labute approximate surface area is 116 Å². The van der Waals surface area contributed by atoms with Gasteiger partial charge < -0.3 is 10.1 Å². The predicted octanol–water partition coefficient (Wildman–Crippen LogP) is 3.88. The lowest BCUT2D eigenvalue weighted by Gasteiger charge is -2.08. The molecule has 3 nitrogen and oxygen atoms in total. The van der Waals surface area contributed by atoms with Gasteiger partial charge in [0.15, 0.2) is 0 Å². The Morgan fingerprint density at radius 2 is 2.00 bits per heavy atom. The van der Waals surface area contributed by atoms with Crippen LogP contribution in [0.5, 0.6) is 5.75 Å². The summed E-state index contributed by atoms with van der Waals surface area (Å²) in [5.74, 6) is 1.53. The zero-order chi connectivity index (χ0) is 12.8. The number of nitrogens with one attached hydrogen (secondary N) is 1. The van der Waals surface area contributed by atoms with Crippen molar-refractivity contribution in [1.29, 1.82) is 0 Å². The highest BCUT2D eigenvalue weighted by molar-refractivity contribution is 6.42. The average Bonchev–Trinajstić information content (AvgIpc) is 2.40. The highest BCUT2D eigenvalue weighted by atomic mass is 35.5. The number of pyridine rings is 1. The summed E-state index contributed by atoms with van der Waals surface area (Å²) in [5.41, 5.74) is 0. The van der Waals surface area contributed by atoms with Crippen LogP contribution in [0.3, 0.4) is 0 Å². The molecule has 2 aromatic rings. The molecule has 0 saturated heterocycles. The van der Waals surface area contributed by atoms with Gasteiger partial charge in [-0.25, -0.2) is 4.98 Å². The van der Waals surface area contributed by atoms with Crippen LogP contribution in [0.25, 0.3) is 0 Å². The van der Waals surface area contributed by atoms with Crippen LogP contribution >= 0.6 is 23.2 Å². The van der Waals surface area contributed by atoms with Gasteiger partial charge in [-0.3, -0.25) is 0 Å². The number of anilines is 1. The van der Waals surface area contributed by atoms with E-state index < -0.39 is 0 Å². The van der Waals surface area contributed by atoms with E-state index in [1.54, 1.807) is 24.4 Å². The number of nitrogens with zero attached hydrogens (tertiary/aromatic N) is 1. The molecule has 18 heavy (non-hydrogen) atoms. The summed E-state index contributed by atoms with van der Waals surface area (Å²) in [6.07, 6.45) is 1.74. The van der Waals surface area contributed by atoms with E-state index >= 15 is 0 Å². The van der Waals surface area contributed by atoms with Crippen LogP contribution in [0.4, 0.5) is 5.82 Å². The molecule has 5 heteroatoms. The Kier molecular flexibility index (Phi) is 4.67. The van der Waals surface area contributed by atoms with Crippen LogP contribution in [0.1, 0.15) is 0 Å². The van der Waals surface area contributed by atoms with E-state index in [0.717, 1.165) is 5.82 Å². The van der Waals surface area contributed by atoms with Crippen molar-refractivity contribution in [1.82, 2.24) is 4.98 Å². The highest BCUT2D eigenvalue weighted by Gasteiger charge is 2.00. The molecule has 1 heterocycles. The number of ether oxygens (including phenoxy) is 1.